The van der Waals surface area contributed by atoms with Crippen molar-refractivity contribution in [2.45, 2.75) is 13.0 Å². The van der Waals surface area contributed by atoms with Gasteiger partial charge in [-0.3, -0.25) is 9.69 Å². The van der Waals surface area contributed by atoms with Crippen LogP contribution in [0.4, 0.5) is 0 Å². The zero-order chi connectivity index (χ0) is 12.1. The van der Waals surface area contributed by atoms with Crippen molar-refractivity contribution >= 4 is 17.5 Å². The van der Waals surface area contributed by atoms with Crippen LogP contribution in [-0.4, -0.2) is 47.8 Å². The first kappa shape index (κ1) is 12.5. The van der Waals surface area contributed by atoms with Crippen molar-refractivity contribution in [3.63, 3.8) is 0 Å². The molecule has 0 saturated carbocycles. The number of hydrogen-bond donors (Lipinski definition) is 0. The molecule has 0 N–H and O–H groups in total. The summed E-state index contributed by atoms with van der Waals surface area (Å²) in [7, 11) is 0. The molecule has 94 valence electrons. The number of halogens is 1. The van der Waals surface area contributed by atoms with Crippen LogP contribution in [0, 0.1) is 0 Å². The van der Waals surface area contributed by atoms with E-state index in [9.17, 15) is 4.79 Å². The van der Waals surface area contributed by atoms with Gasteiger partial charge in [-0.2, -0.15) is 0 Å². The maximum absolute atomic E-state index is 11.6. The number of carbonyl (C=O) groups is 1. The van der Waals surface area contributed by atoms with Gasteiger partial charge in [0, 0.05) is 38.5 Å². The Morgan fingerprint density at radius 2 is 2.12 bits per heavy atom. The Bertz CT molecular complexity index is 345. The summed E-state index contributed by atoms with van der Waals surface area (Å²) in [6, 6.07) is 3.88. The van der Waals surface area contributed by atoms with Crippen LogP contribution < -0.4 is 0 Å². The summed E-state index contributed by atoms with van der Waals surface area (Å²) in [6.45, 7) is 4.20. The minimum atomic E-state index is 0.164. The molecule has 0 aliphatic carbocycles. The van der Waals surface area contributed by atoms with E-state index in [1.165, 1.54) is 0 Å². The zero-order valence-electron chi connectivity index (χ0n) is 9.77. The fraction of sp³-hybridized carbons (Fsp3) is 0.583. The van der Waals surface area contributed by atoms with Crippen LogP contribution in [0.5, 0.6) is 0 Å². The van der Waals surface area contributed by atoms with Gasteiger partial charge in [-0.1, -0.05) is 0 Å². The van der Waals surface area contributed by atoms with E-state index in [0.717, 1.165) is 38.5 Å². The van der Waals surface area contributed by atoms with Gasteiger partial charge in [-0.25, -0.2) is 0 Å². The van der Waals surface area contributed by atoms with E-state index in [-0.39, 0.29) is 5.91 Å². The predicted octanol–water partition coefficient (Wildman–Crippen LogP) is 1.55. The third-order valence-electron chi connectivity index (χ3n) is 2.99. The van der Waals surface area contributed by atoms with Crippen LogP contribution in [0.25, 0.3) is 0 Å². The smallest absolute Gasteiger partial charge is 0.223 e. The van der Waals surface area contributed by atoms with E-state index < -0.39 is 0 Å². The molecule has 5 heteroatoms. The molecule has 0 radical (unpaired) electrons. The number of amides is 1. The first-order chi connectivity index (χ1) is 8.29. The largest absolute Gasteiger partial charge is 0.468 e. The van der Waals surface area contributed by atoms with Crippen LogP contribution in [0.2, 0.25) is 0 Å². The van der Waals surface area contributed by atoms with E-state index in [4.69, 9.17) is 16.0 Å². The van der Waals surface area contributed by atoms with Gasteiger partial charge in [0.25, 0.3) is 0 Å². The van der Waals surface area contributed by atoms with Crippen molar-refractivity contribution < 1.29 is 9.21 Å². The Kier molecular flexibility index (Phi) is 4.45. The summed E-state index contributed by atoms with van der Waals surface area (Å²) in [6.07, 6.45) is 2.13. The first-order valence-electron chi connectivity index (χ1n) is 5.88. The van der Waals surface area contributed by atoms with Crippen LogP contribution in [-0.2, 0) is 11.3 Å². The highest BCUT2D eigenvalue weighted by Crippen LogP contribution is 2.09. The van der Waals surface area contributed by atoms with Crippen molar-refractivity contribution in [2.24, 2.45) is 0 Å². The molecule has 1 fully saturated rings. The number of piperazine rings is 1. The average Bonchev–Trinajstić information content (AvgIpc) is 2.83. The molecule has 0 spiro atoms. The molecule has 0 atom stereocenters. The summed E-state index contributed by atoms with van der Waals surface area (Å²) >= 11 is 5.57. The molecule has 1 aliphatic heterocycles. The lowest BCUT2D eigenvalue weighted by atomic mass is 10.2. The second kappa shape index (κ2) is 6.07. The maximum Gasteiger partial charge on any atom is 0.223 e. The second-order valence-electron chi connectivity index (χ2n) is 4.18. The van der Waals surface area contributed by atoms with Crippen LogP contribution in [0.3, 0.4) is 0 Å². The molecule has 0 aromatic carbocycles. The summed E-state index contributed by atoms with van der Waals surface area (Å²) in [5.41, 5.74) is 0. The van der Waals surface area contributed by atoms with Crippen LogP contribution in [0.1, 0.15) is 12.2 Å². The van der Waals surface area contributed by atoms with Gasteiger partial charge in [0.15, 0.2) is 0 Å². The van der Waals surface area contributed by atoms with Gasteiger partial charge >= 0.3 is 0 Å². The van der Waals surface area contributed by atoms with Crippen molar-refractivity contribution in [1.29, 1.82) is 0 Å². The number of hydrogen-bond acceptors (Lipinski definition) is 3. The van der Waals surface area contributed by atoms with Crippen molar-refractivity contribution in [1.82, 2.24) is 9.80 Å². The van der Waals surface area contributed by atoms with Gasteiger partial charge < -0.3 is 9.32 Å². The fourth-order valence-electron chi connectivity index (χ4n) is 2.02. The molecule has 2 heterocycles. The molecule has 2 rings (SSSR count). The Morgan fingerprint density at radius 1 is 1.35 bits per heavy atom. The average molecular weight is 257 g/mol. The zero-order valence-corrected chi connectivity index (χ0v) is 10.5. The minimum absolute atomic E-state index is 0.164. The Morgan fingerprint density at radius 3 is 2.71 bits per heavy atom. The van der Waals surface area contributed by atoms with E-state index in [2.05, 4.69) is 4.90 Å². The molecule has 1 aromatic rings. The molecular formula is C12H17ClN2O2. The number of nitrogens with zero attached hydrogens (tertiary/aromatic N) is 2. The van der Waals surface area contributed by atoms with Crippen molar-refractivity contribution in [3.05, 3.63) is 24.2 Å². The third-order valence-corrected chi connectivity index (χ3v) is 3.18. The summed E-state index contributed by atoms with van der Waals surface area (Å²) in [4.78, 5) is 15.8. The number of rotatable bonds is 4. The van der Waals surface area contributed by atoms with Crippen LogP contribution >= 0.6 is 11.6 Å². The highest BCUT2D eigenvalue weighted by Gasteiger charge is 2.20. The Labute approximate surface area is 106 Å². The van der Waals surface area contributed by atoms with Gasteiger partial charge in [-0.05, 0) is 12.1 Å². The number of carbonyl (C=O) groups excluding carboxylic acids is 1. The van der Waals surface area contributed by atoms with Gasteiger partial charge in [0.2, 0.25) is 5.91 Å². The SMILES string of the molecule is O=C(CCCl)N1CCN(Cc2ccco2)CC1. The summed E-state index contributed by atoms with van der Waals surface area (Å²) < 4.78 is 5.31. The molecule has 17 heavy (non-hydrogen) atoms. The van der Waals surface area contributed by atoms with Gasteiger partial charge in [0.1, 0.15) is 5.76 Å². The molecular weight excluding hydrogens is 240 g/mol. The highest BCUT2D eigenvalue weighted by molar-refractivity contribution is 6.18. The highest BCUT2D eigenvalue weighted by atomic mass is 35.5. The molecule has 1 saturated heterocycles. The van der Waals surface area contributed by atoms with E-state index >= 15 is 0 Å². The molecule has 1 aliphatic rings. The standard InChI is InChI=1S/C12H17ClN2O2/c13-4-3-12(16)15-7-5-14(6-8-15)10-11-2-1-9-17-11/h1-2,9H,3-8,10H2. The van der Waals surface area contributed by atoms with E-state index in [1.54, 1.807) is 6.26 Å². The minimum Gasteiger partial charge on any atom is -0.468 e. The number of furan rings is 1. The van der Waals surface area contributed by atoms with E-state index in [1.807, 2.05) is 17.0 Å². The quantitative estimate of drug-likeness (QED) is 0.767. The van der Waals surface area contributed by atoms with Gasteiger partial charge in [-0.15, -0.1) is 11.6 Å². The molecule has 1 aromatic heterocycles. The lowest BCUT2D eigenvalue weighted by Gasteiger charge is -2.34. The fourth-order valence-corrected chi connectivity index (χ4v) is 2.18. The maximum atomic E-state index is 11.6. The molecule has 1 amide bonds. The Hall–Kier alpha value is -1.00. The first-order valence-corrected chi connectivity index (χ1v) is 6.41. The van der Waals surface area contributed by atoms with E-state index in [0.29, 0.717) is 12.3 Å². The molecule has 4 nitrogen and oxygen atoms in total. The second-order valence-corrected chi connectivity index (χ2v) is 4.55. The lowest BCUT2D eigenvalue weighted by molar-refractivity contribution is -0.132. The van der Waals surface area contributed by atoms with Crippen LogP contribution in [0.15, 0.2) is 22.8 Å². The Balaban J connectivity index is 1.76. The normalized spacial score (nSPS) is 17.4. The predicted molar refractivity (Wildman–Crippen MR) is 65.9 cm³/mol. The van der Waals surface area contributed by atoms with Crippen molar-refractivity contribution in [2.75, 3.05) is 32.1 Å². The number of alkyl halides is 1. The monoisotopic (exact) mass is 256 g/mol. The topological polar surface area (TPSA) is 36.7 Å². The summed E-state index contributed by atoms with van der Waals surface area (Å²) in [5.74, 6) is 1.55. The molecule has 0 bridgehead atoms. The third kappa shape index (κ3) is 3.48. The summed E-state index contributed by atoms with van der Waals surface area (Å²) in [5, 5.41) is 0. The molecule has 0 unspecified atom stereocenters. The lowest BCUT2D eigenvalue weighted by Crippen LogP contribution is -2.48. The van der Waals surface area contributed by atoms with Crippen molar-refractivity contribution in [3.8, 4) is 0 Å². The van der Waals surface area contributed by atoms with Gasteiger partial charge in [0.05, 0.1) is 12.8 Å².